The zero-order valence-electron chi connectivity index (χ0n) is 12.0. The lowest BCUT2D eigenvalue weighted by Gasteiger charge is -2.16. The van der Waals surface area contributed by atoms with Gasteiger partial charge in [0, 0.05) is 15.7 Å². The number of benzene rings is 1. The molecule has 0 radical (unpaired) electrons. The van der Waals surface area contributed by atoms with Crippen molar-refractivity contribution in [2.75, 3.05) is 18.9 Å². The first-order valence-corrected chi connectivity index (χ1v) is 8.32. The minimum Gasteiger partial charge on any atom is -0.465 e. The van der Waals surface area contributed by atoms with Crippen LogP contribution >= 0.6 is 23.4 Å². The molecule has 1 aromatic rings. The van der Waals surface area contributed by atoms with Crippen molar-refractivity contribution in [3.8, 4) is 0 Å². The molecule has 0 aliphatic carbocycles. The SMILES string of the molecule is CCCNC(CCSc1cccc(Cl)c1)C(=O)OCC. The van der Waals surface area contributed by atoms with Crippen molar-refractivity contribution in [1.29, 1.82) is 0 Å². The summed E-state index contributed by atoms with van der Waals surface area (Å²) in [6.45, 7) is 5.15. The smallest absolute Gasteiger partial charge is 0.323 e. The number of carbonyl (C=O) groups excluding carboxylic acids is 1. The monoisotopic (exact) mass is 315 g/mol. The molecule has 112 valence electrons. The molecule has 1 aromatic carbocycles. The number of nitrogens with one attached hydrogen (secondary N) is 1. The molecule has 1 atom stereocenters. The molecule has 0 aliphatic heterocycles. The lowest BCUT2D eigenvalue weighted by Crippen LogP contribution is -2.39. The Balaban J connectivity index is 2.42. The summed E-state index contributed by atoms with van der Waals surface area (Å²) in [6.07, 6.45) is 1.74. The maximum Gasteiger partial charge on any atom is 0.323 e. The highest BCUT2D eigenvalue weighted by Crippen LogP contribution is 2.22. The first kappa shape index (κ1) is 17.3. The van der Waals surface area contributed by atoms with E-state index in [1.54, 1.807) is 11.8 Å². The zero-order valence-corrected chi connectivity index (χ0v) is 13.6. The van der Waals surface area contributed by atoms with Crippen LogP contribution < -0.4 is 5.32 Å². The van der Waals surface area contributed by atoms with Crippen LogP contribution in [0.1, 0.15) is 26.7 Å². The molecule has 0 spiro atoms. The predicted molar refractivity (Wildman–Crippen MR) is 85.5 cm³/mol. The maximum absolute atomic E-state index is 11.8. The maximum atomic E-state index is 11.8. The summed E-state index contributed by atoms with van der Waals surface area (Å²) in [5, 5.41) is 3.97. The van der Waals surface area contributed by atoms with Gasteiger partial charge in [-0.2, -0.15) is 0 Å². The Kier molecular flexibility index (Phi) is 8.74. The van der Waals surface area contributed by atoms with Gasteiger partial charge in [-0.05, 0) is 44.5 Å². The number of hydrogen-bond acceptors (Lipinski definition) is 4. The van der Waals surface area contributed by atoms with E-state index in [4.69, 9.17) is 16.3 Å². The van der Waals surface area contributed by atoms with E-state index in [-0.39, 0.29) is 12.0 Å². The molecular formula is C15H22ClNO2S. The van der Waals surface area contributed by atoms with Gasteiger partial charge in [-0.25, -0.2) is 0 Å². The number of hydrogen-bond donors (Lipinski definition) is 1. The summed E-state index contributed by atoms with van der Waals surface area (Å²) in [7, 11) is 0. The van der Waals surface area contributed by atoms with Crippen LogP contribution in [0.3, 0.4) is 0 Å². The number of rotatable bonds is 9. The van der Waals surface area contributed by atoms with Gasteiger partial charge in [0.05, 0.1) is 6.61 Å². The van der Waals surface area contributed by atoms with E-state index in [0.717, 1.165) is 35.1 Å². The summed E-state index contributed by atoms with van der Waals surface area (Å²) in [5.74, 6) is 0.688. The largest absolute Gasteiger partial charge is 0.465 e. The predicted octanol–water partition coefficient (Wildman–Crippen LogP) is 3.75. The Morgan fingerprint density at radius 2 is 2.25 bits per heavy atom. The standard InChI is InChI=1S/C15H22ClNO2S/c1-3-9-17-14(15(18)19-4-2)8-10-20-13-7-5-6-12(16)11-13/h5-7,11,14,17H,3-4,8-10H2,1-2H3. The van der Waals surface area contributed by atoms with Crippen LogP contribution in [0.2, 0.25) is 5.02 Å². The van der Waals surface area contributed by atoms with Gasteiger partial charge < -0.3 is 10.1 Å². The summed E-state index contributed by atoms with van der Waals surface area (Å²) in [6, 6.07) is 7.53. The Morgan fingerprint density at radius 3 is 2.90 bits per heavy atom. The van der Waals surface area contributed by atoms with Gasteiger partial charge in [-0.3, -0.25) is 4.79 Å². The molecule has 5 heteroatoms. The first-order valence-electron chi connectivity index (χ1n) is 6.95. The van der Waals surface area contributed by atoms with E-state index in [9.17, 15) is 4.79 Å². The number of ether oxygens (including phenoxy) is 1. The highest BCUT2D eigenvalue weighted by atomic mass is 35.5. The van der Waals surface area contributed by atoms with Crippen LogP contribution in [-0.4, -0.2) is 30.9 Å². The minimum atomic E-state index is -0.221. The van der Waals surface area contributed by atoms with Crippen molar-refractivity contribution >= 4 is 29.3 Å². The first-order chi connectivity index (χ1) is 9.67. The van der Waals surface area contributed by atoms with Crippen LogP contribution in [0.25, 0.3) is 0 Å². The second-order valence-electron chi connectivity index (χ2n) is 4.35. The van der Waals surface area contributed by atoms with Crippen LogP contribution in [0.4, 0.5) is 0 Å². The molecule has 0 aromatic heterocycles. The molecule has 20 heavy (non-hydrogen) atoms. The van der Waals surface area contributed by atoms with Gasteiger partial charge >= 0.3 is 5.97 Å². The zero-order chi connectivity index (χ0) is 14.8. The molecule has 0 saturated carbocycles. The second-order valence-corrected chi connectivity index (χ2v) is 5.96. The Labute approximate surface area is 130 Å². The van der Waals surface area contributed by atoms with Crippen LogP contribution in [-0.2, 0) is 9.53 Å². The number of halogens is 1. The summed E-state index contributed by atoms with van der Waals surface area (Å²) in [4.78, 5) is 13.0. The minimum absolute atomic E-state index is 0.160. The van der Waals surface area contributed by atoms with E-state index >= 15 is 0 Å². The normalized spacial score (nSPS) is 12.2. The molecule has 0 fully saturated rings. The molecule has 0 bridgehead atoms. The van der Waals surface area contributed by atoms with E-state index < -0.39 is 0 Å². The van der Waals surface area contributed by atoms with Crippen molar-refractivity contribution in [3.63, 3.8) is 0 Å². The van der Waals surface area contributed by atoms with Gasteiger partial charge in [-0.15, -0.1) is 11.8 Å². The molecule has 0 heterocycles. The molecule has 0 aliphatic rings. The average Bonchev–Trinajstić information content (AvgIpc) is 2.43. The highest BCUT2D eigenvalue weighted by Gasteiger charge is 2.18. The fourth-order valence-corrected chi connectivity index (χ4v) is 2.95. The van der Waals surface area contributed by atoms with Crippen molar-refractivity contribution in [1.82, 2.24) is 5.32 Å². The fourth-order valence-electron chi connectivity index (χ4n) is 1.72. The topological polar surface area (TPSA) is 38.3 Å². The Morgan fingerprint density at radius 1 is 1.45 bits per heavy atom. The molecule has 1 rings (SSSR count). The number of thioether (sulfide) groups is 1. The van der Waals surface area contributed by atoms with Crippen molar-refractivity contribution in [2.45, 2.75) is 37.6 Å². The molecule has 1 N–H and O–H groups in total. The van der Waals surface area contributed by atoms with Gasteiger partial charge in [-0.1, -0.05) is 24.6 Å². The second kappa shape index (κ2) is 10.1. The van der Waals surface area contributed by atoms with Gasteiger partial charge in [0.2, 0.25) is 0 Å². The fraction of sp³-hybridized carbons (Fsp3) is 0.533. The number of esters is 1. The van der Waals surface area contributed by atoms with Crippen LogP contribution in [0.15, 0.2) is 29.2 Å². The summed E-state index contributed by atoms with van der Waals surface area (Å²) < 4.78 is 5.09. The van der Waals surface area contributed by atoms with Gasteiger partial charge in [0.25, 0.3) is 0 Å². The Bertz CT molecular complexity index is 415. The third-order valence-electron chi connectivity index (χ3n) is 2.68. The van der Waals surface area contributed by atoms with E-state index in [1.165, 1.54) is 0 Å². The van der Waals surface area contributed by atoms with Crippen molar-refractivity contribution in [2.24, 2.45) is 0 Å². The van der Waals surface area contributed by atoms with Crippen LogP contribution in [0.5, 0.6) is 0 Å². The van der Waals surface area contributed by atoms with Gasteiger partial charge in [0.15, 0.2) is 0 Å². The molecular weight excluding hydrogens is 294 g/mol. The molecule has 0 amide bonds. The lowest BCUT2D eigenvalue weighted by molar-refractivity contribution is -0.145. The van der Waals surface area contributed by atoms with E-state index in [0.29, 0.717) is 6.61 Å². The molecule has 3 nitrogen and oxygen atoms in total. The van der Waals surface area contributed by atoms with Gasteiger partial charge in [0.1, 0.15) is 6.04 Å². The average molecular weight is 316 g/mol. The van der Waals surface area contributed by atoms with E-state index in [2.05, 4.69) is 12.2 Å². The third-order valence-corrected chi connectivity index (χ3v) is 3.95. The van der Waals surface area contributed by atoms with Crippen LogP contribution in [0, 0.1) is 0 Å². The van der Waals surface area contributed by atoms with E-state index in [1.807, 2.05) is 31.2 Å². The lowest BCUT2D eigenvalue weighted by atomic mass is 10.2. The Hall–Kier alpha value is -0.710. The highest BCUT2D eigenvalue weighted by molar-refractivity contribution is 7.99. The van der Waals surface area contributed by atoms with Crippen molar-refractivity contribution in [3.05, 3.63) is 29.3 Å². The summed E-state index contributed by atoms with van der Waals surface area (Å²) in [5.41, 5.74) is 0. The quantitative estimate of drug-likeness (QED) is 0.556. The van der Waals surface area contributed by atoms with Crippen molar-refractivity contribution < 1.29 is 9.53 Å². The number of carbonyl (C=O) groups is 1. The molecule has 0 saturated heterocycles. The third kappa shape index (κ3) is 6.64. The molecule has 1 unspecified atom stereocenters. The summed E-state index contributed by atoms with van der Waals surface area (Å²) >= 11 is 7.65.